The molecule has 0 aromatic carbocycles. The van der Waals surface area contributed by atoms with E-state index in [2.05, 4.69) is 25.7 Å². The Hall–Kier alpha value is -4.53. The number of primary amides is 1. The lowest BCUT2D eigenvalue weighted by Crippen LogP contribution is -2.31. The van der Waals surface area contributed by atoms with E-state index < -0.39 is 12.6 Å². The highest BCUT2D eigenvalue weighted by molar-refractivity contribution is 6.02. The predicted molar refractivity (Wildman–Crippen MR) is 126 cm³/mol. The van der Waals surface area contributed by atoms with Crippen LogP contribution in [0.1, 0.15) is 23.0 Å². The molecule has 0 spiro atoms. The van der Waals surface area contributed by atoms with Gasteiger partial charge in [0.15, 0.2) is 11.5 Å². The van der Waals surface area contributed by atoms with Crippen LogP contribution in [0.25, 0.3) is 16.6 Å². The zero-order valence-electron chi connectivity index (χ0n) is 19.0. The zero-order chi connectivity index (χ0) is 24.5. The number of hydrogen-bond acceptors (Lipinski definition) is 8. The van der Waals surface area contributed by atoms with Gasteiger partial charge in [-0.15, -0.1) is 10.2 Å². The molecule has 11 nitrogen and oxygen atoms in total. The molecule has 0 bridgehead atoms. The van der Waals surface area contributed by atoms with Crippen molar-refractivity contribution in [2.24, 2.45) is 11.7 Å². The number of fused-ring (bicyclic) bond motifs is 1. The van der Waals surface area contributed by atoms with Gasteiger partial charge in [-0.05, 0) is 25.1 Å². The van der Waals surface area contributed by atoms with Crippen molar-refractivity contribution < 1.29 is 9.18 Å². The van der Waals surface area contributed by atoms with Crippen LogP contribution in [0.5, 0.6) is 0 Å². The Labute approximate surface area is 200 Å². The summed E-state index contributed by atoms with van der Waals surface area (Å²) >= 11 is 0. The number of halogens is 1. The fourth-order valence-corrected chi connectivity index (χ4v) is 4.36. The van der Waals surface area contributed by atoms with Gasteiger partial charge in [-0.3, -0.25) is 13.9 Å². The van der Waals surface area contributed by atoms with Crippen LogP contribution in [-0.2, 0) is 6.54 Å². The number of hydrogen-bond donors (Lipinski definition) is 2. The number of nitrogens with one attached hydrogen (secondary N) is 1. The van der Waals surface area contributed by atoms with E-state index in [-0.39, 0.29) is 23.2 Å². The average molecular weight is 475 g/mol. The van der Waals surface area contributed by atoms with Crippen LogP contribution in [0.3, 0.4) is 0 Å². The fourth-order valence-electron chi connectivity index (χ4n) is 4.36. The minimum atomic E-state index is -0.631. The van der Waals surface area contributed by atoms with Gasteiger partial charge in [0, 0.05) is 49.1 Å². The Bertz CT molecular complexity index is 1420. The number of nitriles is 1. The molecule has 0 aliphatic carbocycles. The first kappa shape index (κ1) is 22.3. The van der Waals surface area contributed by atoms with Crippen LogP contribution in [0.4, 0.5) is 15.9 Å². The molecule has 0 unspecified atom stereocenters. The van der Waals surface area contributed by atoms with Gasteiger partial charge >= 0.3 is 0 Å². The number of amides is 1. The van der Waals surface area contributed by atoms with Crippen LogP contribution >= 0.6 is 0 Å². The number of carbonyl (C=O) groups is 1. The minimum Gasteiger partial charge on any atom is -0.378 e. The molecule has 5 rings (SSSR count). The summed E-state index contributed by atoms with van der Waals surface area (Å²) in [6.07, 6.45) is 6.97. The second kappa shape index (κ2) is 9.02. The molecule has 0 radical (unpaired) electrons. The maximum absolute atomic E-state index is 14.0. The number of alkyl halides is 1. The molecule has 1 aliphatic rings. The Balaban J connectivity index is 1.49. The molecule has 1 amide bonds. The maximum Gasteiger partial charge on any atom is 0.252 e. The first-order valence-electron chi connectivity index (χ1n) is 11.2. The van der Waals surface area contributed by atoms with Gasteiger partial charge in [0.25, 0.3) is 5.91 Å². The molecule has 178 valence electrons. The molecule has 1 aliphatic heterocycles. The second-order valence-electron chi connectivity index (χ2n) is 8.40. The fraction of sp³-hybridized carbons (Fsp3) is 0.304. The van der Waals surface area contributed by atoms with E-state index in [1.165, 1.54) is 6.20 Å². The second-order valence-corrected chi connectivity index (χ2v) is 8.40. The van der Waals surface area contributed by atoms with Crippen molar-refractivity contribution in [3.63, 3.8) is 0 Å². The Morgan fingerprint density at radius 3 is 2.74 bits per heavy atom. The van der Waals surface area contributed by atoms with Gasteiger partial charge in [-0.1, -0.05) is 0 Å². The summed E-state index contributed by atoms with van der Waals surface area (Å²) in [6, 6.07) is 6.78. The third kappa shape index (κ3) is 4.12. The molecule has 5 heterocycles. The normalized spacial score (nSPS) is 17.6. The molecule has 35 heavy (non-hydrogen) atoms. The summed E-state index contributed by atoms with van der Waals surface area (Å²) in [7, 11) is 0. The summed E-state index contributed by atoms with van der Waals surface area (Å²) in [4.78, 5) is 14.1. The largest absolute Gasteiger partial charge is 0.378 e. The monoisotopic (exact) mass is 474 g/mol. The molecule has 2 atom stereocenters. The molecule has 12 heteroatoms. The molecule has 0 saturated carbocycles. The molecular weight excluding hydrogens is 451 g/mol. The lowest BCUT2D eigenvalue weighted by Gasteiger charge is -2.21. The van der Waals surface area contributed by atoms with Gasteiger partial charge in [0.1, 0.15) is 6.07 Å². The third-order valence-electron chi connectivity index (χ3n) is 6.25. The van der Waals surface area contributed by atoms with E-state index in [0.717, 1.165) is 17.7 Å². The van der Waals surface area contributed by atoms with Crippen molar-refractivity contribution in [1.29, 1.82) is 5.26 Å². The lowest BCUT2D eigenvalue weighted by atomic mass is 10.0. The van der Waals surface area contributed by atoms with Crippen molar-refractivity contribution >= 4 is 22.9 Å². The predicted octanol–water partition coefficient (Wildman–Crippen LogP) is 1.86. The number of carbonyl (C=O) groups excluding carboxylic acids is 1. The van der Waals surface area contributed by atoms with Gasteiger partial charge in [-0.2, -0.15) is 15.5 Å². The lowest BCUT2D eigenvalue weighted by molar-refractivity contribution is 0.100. The number of aryl methyl sites for hydroxylation is 1. The Kier molecular flexibility index (Phi) is 5.74. The topological polar surface area (TPSA) is 143 Å². The number of anilines is 2. The molecule has 1 saturated heterocycles. The number of rotatable bonds is 7. The van der Waals surface area contributed by atoms with Gasteiger partial charge in [0.2, 0.25) is 0 Å². The summed E-state index contributed by atoms with van der Waals surface area (Å²) in [6.45, 7) is 3.03. The van der Waals surface area contributed by atoms with Crippen LogP contribution in [0.15, 0.2) is 43.0 Å². The minimum absolute atomic E-state index is 0.212. The van der Waals surface area contributed by atoms with Crippen LogP contribution in [0, 0.1) is 17.2 Å². The Morgan fingerprint density at radius 2 is 2.09 bits per heavy atom. The number of nitrogens with two attached hydrogens (primary N) is 1. The molecule has 4 aromatic rings. The highest BCUT2D eigenvalue weighted by atomic mass is 19.1. The quantitative estimate of drug-likeness (QED) is 0.413. The highest BCUT2D eigenvalue weighted by Crippen LogP contribution is 2.32. The van der Waals surface area contributed by atoms with E-state index in [1.807, 2.05) is 41.0 Å². The highest BCUT2D eigenvalue weighted by Gasteiger charge is 2.35. The first-order chi connectivity index (χ1) is 17.0. The van der Waals surface area contributed by atoms with Gasteiger partial charge in [-0.25, -0.2) is 4.52 Å². The summed E-state index contributed by atoms with van der Waals surface area (Å²) in [5.74, 6) is -0.438. The van der Waals surface area contributed by atoms with E-state index in [9.17, 15) is 9.18 Å². The zero-order valence-corrected chi connectivity index (χ0v) is 19.0. The first-order valence-corrected chi connectivity index (χ1v) is 11.2. The molecule has 1 fully saturated rings. The SMILES string of the molecule is CCn1cc(-c2cc3c(N[C@@H]4CN(c5ccc(C#N)nn5)C[C@@H]4CF)c(C(N)=O)cnn3c2)cn1. The van der Waals surface area contributed by atoms with Crippen molar-refractivity contribution in [3.05, 3.63) is 54.2 Å². The van der Waals surface area contributed by atoms with E-state index >= 15 is 0 Å². The smallest absolute Gasteiger partial charge is 0.252 e. The summed E-state index contributed by atoms with van der Waals surface area (Å²) in [5, 5.41) is 29.0. The molecular formula is C23H23FN10O. The summed E-state index contributed by atoms with van der Waals surface area (Å²) in [5.41, 5.74) is 9.03. The Morgan fingerprint density at radius 1 is 1.23 bits per heavy atom. The standard InChI is InChI=1S/C23H23FN10O/c1-2-33-11-16(8-27-33)14-5-20-22(18(23(26)35)9-28-34(20)12-14)29-19-13-32(10-15(19)6-24)21-4-3-17(7-25)30-31-21/h3-5,8-9,11-12,15,19,29H,2,6,10,13H2,1H3,(H2,26,35)/t15-,19+/m0/s1. The van der Waals surface area contributed by atoms with Crippen molar-refractivity contribution in [3.8, 4) is 17.2 Å². The van der Waals surface area contributed by atoms with Gasteiger partial charge in [0.05, 0.1) is 41.9 Å². The van der Waals surface area contributed by atoms with Crippen LogP contribution in [0.2, 0.25) is 0 Å². The number of nitrogens with zero attached hydrogens (tertiary/aromatic N) is 8. The molecule has 4 aromatic heterocycles. The van der Waals surface area contributed by atoms with Crippen LogP contribution in [-0.4, -0.2) is 61.3 Å². The summed E-state index contributed by atoms with van der Waals surface area (Å²) < 4.78 is 17.5. The average Bonchev–Trinajstić information content (AvgIpc) is 3.61. The van der Waals surface area contributed by atoms with Crippen molar-refractivity contribution in [1.82, 2.24) is 29.6 Å². The number of aromatic nitrogens is 6. The van der Waals surface area contributed by atoms with E-state index in [1.54, 1.807) is 22.8 Å². The third-order valence-corrected chi connectivity index (χ3v) is 6.25. The maximum atomic E-state index is 14.0. The van der Waals surface area contributed by atoms with E-state index in [0.29, 0.717) is 30.1 Å². The van der Waals surface area contributed by atoms with Crippen molar-refractivity contribution in [2.75, 3.05) is 30.0 Å². The molecule has 3 N–H and O–H groups in total. The van der Waals surface area contributed by atoms with Crippen molar-refractivity contribution in [2.45, 2.75) is 19.5 Å². The van der Waals surface area contributed by atoms with Crippen LogP contribution < -0.4 is 16.0 Å². The van der Waals surface area contributed by atoms with E-state index in [4.69, 9.17) is 11.0 Å². The van der Waals surface area contributed by atoms with Gasteiger partial charge < -0.3 is 16.0 Å².